The minimum atomic E-state index is -0.111. The first-order valence-electron chi connectivity index (χ1n) is 10.9. The number of nitrogens with one attached hydrogen (secondary N) is 1. The van der Waals surface area contributed by atoms with Gasteiger partial charge in [0, 0.05) is 30.4 Å². The van der Waals surface area contributed by atoms with E-state index in [9.17, 15) is 4.79 Å². The van der Waals surface area contributed by atoms with Crippen molar-refractivity contribution < 1.29 is 4.79 Å². The number of rotatable bonds is 3. The Hall–Kier alpha value is -3.53. The predicted molar refractivity (Wildman–Crippen MR) is 126 cm³/mol. The molecule has 156 valence electrons. The lowest BCUT2D eigenvalue weighted by molar-refractivity contribution is 0.182. The summed E-state index contributed by atoms with van der Waals surface area (Å²) in [5.41, 5.74) is 4.44. The molecule has 3 aromatic carbocycles. The van der Waals surface area contributed by atoms with E-state index in [0.29, 0.717) is 12.5 Å². The summed E-state index contributed by atoms with van der Waals surface area (Å²) in [4.78, 5) is 15.5. The Bertz CT molecular complexity index is 1220. The normalized spacial score (nSPS) is 15.8. The molecule has 4 aromatic rings. The smallest absolute Gasteiger partial charge is 0.322 e. The molecule has 5 rings (SSSR count). The number of anilines is 1. The monoisotopic (exact) mass is 409 g/mol. The second-order valence-electron chi connectivity index (χ2n) is 8.50. The molecule has 0 spiro atoms. The van der Waals surface area contributed by atoms with Crippen LogP contribution in [0.2, 0.25) is 0 Å². The number of carbonyl (C=O) groups is 1. The molecule has 2 amide bonds. The first kappa shape index (κ1) is 19.4. The molecule has 31 heavy (non-hydrogen) atoms. The van der Waals surface area contributed by atoms with Crippen LogP contribution in [0, 0.1) is 0 Å². The zero-order valence-corrected chi connectivity index (χ0v) is 18.0. The average Bonchev–Trinajstić information content (AvgIpc) is 3.27. The van der Waals surface area contributed by atoms with Crippen molar-refractivity contribution in [2.45, 2.75) is 32.4 Å². The summed E-state index contributed by atoms with van der Waals surface area (Å²) < 4.78 is 2.25. The second kappa shape index (κ2) is 7.95. The highest BCUT2D eigenvalue weighted by molar-refractivity contribution is 6.01. The molecule has 0 bridgehead atoms. The lowest BCUT2D eigenvalue weighted by atomic mass is 9.96. The molecule has 0 saturated heterocycles. The third-order valence-electron chi connectivity index (χ3n) is 6.25. The van der Waals surface area contributed by atoms with Crippen LogP contribution in [0.4, 0.5) is 10.5 Å². The Kier molecular flexibility index (Phi) is 4.99. The Morgan fingerprint density at radius 3 is 2.48 bits per heavy atom. The van der Waals surface area contributed by atoms with Crippen molar-refractivity contribution in [3.63, 3.8) is 0 Å². The third-order valence-corrected chi connectivity index (χ3v) is 6.25. The number of fused-ring (bicyclic) bond motifs is 2. The third kappa shape index (κ3) is 3.59. The first-order valence-corrected chi connectivity index (χ1v) is 10.9. The average molecular weight is 410 g/mol. The molecule has 2 heterocycles. The molecular formula is C27H27N3O. The minimum absolute atomic E-state index is 0.0678. The van der Waals surface area contributed by atoms with Gasteiger partial charge in [0.25, 0.3) is 0 Å². The van der Waals surface area contributed by atoms with Crippen LogP contribution >= 0.6 is 0 Å². The van der Waals surface area contributed by atoms with E-state index < -0.39 is 0 Å². The molecule has 0 fully saturated rings. The highest BCUT2D eigenvalue weighted by atomic mass is 16.2. The van der Waals surface area contributed by atoms with Gasteiger partial charge in [-0.05, 0) is 40.6 Å². The number of carbonyl (C=O) groups excluding carboxylic acids is 1. The van der Waals surface area contributed by atoms with E-state index >= 15 is 0 Å². The molecule has 1 N–H and O–H groups in total. The van der Waals surface area contributed by atoms with Crippen LogP contribution in [-0.4, -0.2) is 22.0 Å². The lowest BCUT2D eigenvalue weighted by Crippen LogP contribution is -2.44. The topological polar surface area (TPSA) is 37.3 Å². The van der Waals surface area contributed by atoms with E-state index in [2.05, 4.69) is 84.5 Å². The zero-order valence-electron chi connectivity index (χ0n) is 18.0. The predicted octanol–water partition coefficient (Wildman–Crippen LogP) is 6.40. The van der Waals surface area contributed by atoms with Crippen LogP contribution in [0.15, 0.2) is 85.1 Å². The van der Waals surface area contributed by atoms with Crippen LogP contribution in [0.1, 0.15) is 42.6 Å². The molecule has 1 aliphatic heterocycles. The van der Waals surface area contributed by atoms with Gasteiger partial charge in [-0.2, -0.15) is 0 Å². The van der Waals surface area contributed by atoms with Gasteiger partial charge in [0.2, 0.25) is 0 Å². The highest BCUT2D eigenvalue weighted by Gasteiger charge is 2.32. The number of amides is 2. The summed E-state index contributed by atoms with van der Waals surface area (Å²) in [7, 11) is 0. The molecule has 4 heteroatoms. The van der Waals surface area contributed by atoms with Gasteiger partial charge < -0.3 is 14.8 Å². The Labute approximate surface area is 183 Å². The molecule has 0 saturated carbocycles. The quantitative estimate of drug-likeness (QED) is 0.417. The van der Waals surface area contributed by atoms with E-state index in [0.717, 1.165) is 34.3 Å². The fourth-order valence-corrected chi connectivity index (χ4v) is 4.54. The summed E-state index contributed by atoms with van der Waals surface area (Å²) in [6.07, 6.45) is 2.10. The van der Waals surface area contributed by atoms with E-state index in [1.165, 1.54) is 5.56 Å². The minimum Gasteiger partial charge on any atom is -0.348 e. The summed E-state index contributed by atoms with van der Waals surface area (Å²) in [5, 5.41) is 5.36. The maximum Gasteiger partial charge on any atom is 0.322 e. The van der Waals surface area contributed by atoms with Crippen LogP contribution in [0.5, 0.6) is 0 Å². The summed E-state index contributed by atoms with van der Waals surface area (Å²) in [5.74, 6) is 0.482. The van der Waals surface area contributed by atoms with Crippen molar-refractivity contribution in [2.24, 2.45) is 0 Å². The number of hydrogen-bond donors (Lipinski definition) is 1. The molecule has 0 radical (unpaired) electrons. The number of hydrogen-bond acceptors (Lipinski definition) is 1. The van der Waals surface area contributed by atoms with E-state index in [1.807, 2.05) is 29.2 Å². The van der Waals surface area contributed by atoms with Gasteiger partial charge in [0.05, 0.1) is 11.7 Å². The van der Waals surface area contributed by atoms with Gasteiger partial charge in [-0.1, -0.05) is 74.5 Å². The number of urea groups is 1. The van der Waals surface area contributed by atoms with Gasteiger partial charge in [-0.3, -0.25) is 0 Å². The Morgan fingerprint density at radius 1 is 0.903 bits per heavy atom. The standard InChI is InChI=1S/C27H27N3O/c1-19(2)20-12-14-22(15-13-20)26-25-11-6-16-29(25)17-18-30(26)27(31)28-24-10-5-8-21-7-3-4-9-23(21)24/h3-16,19,26H,17-18H2,1-2H3,(H,28,31). The molecule has 1 atom stereocenters. The van der Waals surface area contributed by atoms with Gasteiger partial charge in [-0.15, -0.1) is 0 Å². The van der Waals surface area contributed by atoms with Gasteiger partial charge >= 0.3 is 6.03 Å². The molecule has 1 unspecified atom stereocenters. The fourth-order valence-electron chi connectivity index (χ4n) is 4.54. The van der Waals surface area contributed by atoms with Crippen LogP contribution in [0.25, 0.3) is 10.8 Å². The maximum absolute atomic E-state index is 13.5. The van der Waals surface area contributed by atoms with Crippen molar-refractivity contribution in [2.75, 3.05) is 11.9 Å². The van der Waals surface area contributed by atoms with Crippen LogP contribution < -0.4 is 5.32 Å². The zero-order chi connectivity index (χ0) is 21.4. The molecule has 4 nitrogen and oxygen atoms in total. The fraction of sp³-hybridized carbons (Fsp3) is 0.222. The van der Waals surface area contributed by atoms with E-state index in [1.54, 1.807) is 0 Å². The molecule has 1 aromatic heterocycles. The Morgan fingerprint density at radius 2 is 1.68 bits per heavy atom. The summed E-state index contributed by atoms with van der Waals surface area (Å²) >= 11 is 0. The molecular weight excluding hydrogens is 382 g/mol. The number of benzene rings is 3. The van der Waals surface area contributed by atoms with Crippen LogP contribution in [0.3, 0.4) is 0 Å². The molecule has 1 aliphatic rings. The summed E-state index contributed by atoms with van der Waals surface area (Å²) in [6, 6.07) is 26.9. The first-order chi connectivity index (χ1) is 15.1. The van der Waals surface area contributed by atoms with E-state index in [-0.39, 0.29) is 12.1 Å². The van der Waals surface area contributed by atoms with Gasteiger partial charge in [-0.25, -0.2) is 4.79 Å². The summed E-state index contributed by atoms with van der Waals surface area (Å²) in [6.45, 7) is 5.86. The van der Waals surface area contributed by atoms with Gasteiger partial charge in [0.15, 0.2) is 0 Å². The van der Waals surface area contributed by atoms with Gasteiger partial charge in [0.1, 0.15) is 0 Å². The Balaban J connectivity index is 1.50. The largest absolute Gasteiger partial charge is 0.348 e. The van der Waals surface area contributed by atoms with Crippen molar-refractivity contribution in [1.82, 2.24) is 9.47 Å². The number of nitrogens with zero attached hydrogens (tertiary/aromatic N) is 2. The van der Waals surface area contributed by atoms with E-state index in [4.69, 9.17) is 0 Å². The van der Waals surface area contributed by atoms with Crippen molar-refractivity contribution in [3.8, 4) is 0 Å². The maximum atomic E-state index is 13.5. The van der Waals surface area contributed by atoms with Crippen LogP contribution in [-0.2, 0) is 6.54 Å². The van der Waals surface area contributed by atoms with Crippen molar-refractivity contribution in [3.05, 3.63) is 102 Å². The second-order valence-corrected chi connectivity index (χ2v) is 8.50. The molecule has 0 aliphatic carbocycles. The van der Waals surface area contributed by atoms with Crippen molar-refractivity contribution >= 4 is 22.5 Å². The SMILES string of the molecule is CC(C)c1ccc(C2c3cccn3CCN2C(=O)Nc2cccc3ccccc23)cc1. The highest BCUT2D eigenvalue weighted by Crippen LogP contribution is 2.34. The van der Waals surface area contributed by atoms with Crippen molar-refractivity contribution in [1.29, 1.82) is 0 Å². The lowest BCUT2D eigenvalue weighted by Gasteiger charge is -2.37. The number of aromatic nitrogens is 1.